The van der Waals surface area contributed by atoms with Gasteiger partial charge in [0.05, 0.1) is 5.56 Å². The molecule has 15 heavy (non-hydrogen) atoms. The van der Waals surface area contributed by atoms with E-state index in [1.165, 1.54) is 0 Å². The third-order valence-corrected chi connectivity index (χ3v) is 1.95. The summed E-state index contributed by atoms with van der Waals surface area (Å²) in [5, 5.41) is 8.73. The molecule has 0 N–H and O–H groups in total. The second-order valence-electron chi connectivity index (χ2n) is 3.18. The SMILES string of the molecule is CCCC(C#N)OC(=O)c1ccccc1. The third-order valence-electron chi connectivity index (χ3n) is 1.95. The predicted molar refractivity (Wildman–Crippen MR) is 56.2 cm³/mol. The molecule has 78 valence electrons. The first kappa shape index (κ1) is 11.3. The average molecular weight is 203 g/mol. The Labute approximate surface area is 89.3 Å². The van der Waals surface area contributed by atoms with Gasteiger partial charge in [0.25, 0.3) is 0 Å². The van der Waals surface area contributed by atoms with Crippen molar-refractivity contribution in [3.8, 4) is 6.07 Å². The average Bonchev–Trinajstić information content (AvgIpc) is 2.29. The highest BCUT2D eigenvalue weighted by molar-refractivity contribution is 5.89. The van der Waals surface area contributed by atoms with Crippen LogP contribution in [0.1, 0.15) is 30.1 Å². The summed E-state index contributed by atoms with van der Waals surface area (Å²) >= 11 is 0. The molecule has 0 heterocycles. The first-order valence-electron chi connectivity index (χ1n) is 4.93. The lowest BCUT2D eigenvalue weighted by molar-refractivity contribution is 0.0392. The summed E-state index contributed by atoms with van der Waals surface area (Å²) in [6.07, 6.45) is 0.762. The van der Waals surface area contributed by atoms with Crippen molar-refractivity contribution >= 4 is 5.97 Å². The van der Waals surface area contributed by atoms with Crippen molar-refractivity contribution in [1.82, 2.24) is 0 Å². The standard InChI is InChI=1S/C12H13NO2/c1-2-6-11(9-13)15-12(14)10-7-4-3-5-8-10/h3-5,7-8,11H,2,6H2,1H3. The molecule has 0 fully saturated rings. The van der Waals surface area contributed by atoms with Crippen molar-refractivity contribution in [2.45, 2.75) is 25.9 Å². The van der Waals surface area contributed by atoms with Gasteiger partial charge >= 0.3 is 5.97 Å². The monoisotopic (exact) mass is 203 g/mol. The number of nitrogens with zero attached hydrogens (tertiary/aromatic N) is 1. The van der Waals surface area contributed by atoms with Crippen LogP contribution in [-0.2, 0) is 4.74 Å². The maximum Gasteiger partial charge on any atom is 0.339 e. The molecule has 0 radical (unpaired) electrons. The van der Waals surface area contributed by atoms with Crippen LogP contribution in [0.2, 0.25) is 0 Å². The van der Waals surface area contributed by atoms with Crippen LogP contribution in [0.15, 0.2) is 30.3 Å². The lowest BCUT2D eigenvalue weighted by atomic mass is 10.2. The van der Waals surface area contributed by atoms with E-state index in [9.17, 15) is 4.79 Å². The Balaban J connectivity index is 2.60. The van der Waals surface area contributed by atoms with E-state index in [4.69, 9.17) is 10.00 Å². The number of ether oxygens (including phenoxy) is 1. The summed E-state index contributed by atoms with van der Waals surface area (Å²) in [5.41, 5.74) is 0.480. The number of hydrogen-bond acceptors (Lipinski definition) is 3. The van der Waals surface area contributed by atoms with E-state index in [0.717, 1.165) is 6.42 Å². The Bertz CT molecular complexity index is 354. The van der Waals surface area contributed by atoms with E-state index in [0.29, 0.717) is 12.0 Å². The van der Waals surface area contributed by atoms with Crippen LogP contribution >= 0.6 is 0 Å². The van der Waals surface area contributed by atoms with Crippen LogP contribution in [0.3, 0.4) is 0 Å². The molecule has 0 spiro atoms. The van der Waals surface area contributed by atoms with E-state index >= 15 is 0 Å². The molecular formula is C12H13NO2. The van der Waals surface area contributed by atoms with Gasteiger partial charge in [-0.1, -0.05) is 31.5 Å². The molecule has 0 aromatic heterocycles. The summed E-state index contributed by atoms with van der Waals surface area (Å²) in [4.78, 5) is 11.5. The summed E-state index contributed by atoms with van der Waals surface area (Å²) in [5.74, 6) is -0.435. The predicted octanol–water partition coefficient (Wildman–Crippen LogP) is 2.54. The molecule has 1 aromatic carbocycles. The van der Waals surface area contributed by atoms with Crippen molar-refractivity contribution in [3.05, 3.63) is 35.9 Å². The van der Waals surface area contributed by atoms with Gasteiger partial charge in [0, 0.05) is 0 Å². The van der Waals surface area contributed by atoms with E-state index < -0.39 is 12.1 Å². The van der Waals surface area contributed by atoms with Gasteiger partial charge in [0.1, 0.15) is 6.07 Å². The van der Waals surface area contributed by atoms with Gasteiger partial charge < -0.3 is 4.74 Å². The molecule has 3 heteroatoms. The molecule has 0 amide bonds. The van der Waals surface area contributed by atoms with E-state index in [2.05, 4.69) is 0 Å². The minimum atomic E-state index is -0.636. The summed E-state index contributed by atoms with van der Waals surface area (Å²) < 4.78 is 5.03. The summed E-state index contributed by atoms with van der Waals surface area (Å²) in [7, 11) is 0. The van der Waals surface area contributed by atoms with Crippen LogP contribution in [0, 0.1) is 11.3 Å². The number of hydrogen-bond donors (Lipinski definition) is 0. The minimum Gasteiger partial charge on any atom is -0.443 e. The molecule has 0 bridgehead atoms. The van der Waals surface area contributed by atoms with Gasteiger partial charge in [-0.05, 0) is 18.6 Å². The maximum atomic E-state index is 11.5. The number of benzene rings is 1. The van der Waals surface area contributed by atoms with Crippen LogP contribution in [-0.4, -0.2) is 12.1 Å². The highest BCUT2D eigenvalue weighted by atomic mass is 16.5. The van der Waals surface area contributed by atoms with Gasteiger partial charge in [-0.3, -0.25) is 0 Å². The number of carbonyl (C=O) groups excluding carboxylic acids is 1. The highest BCUT2D eigenvalue weighted by Crippen LogP contribution is 2.07. The lowest BCUT2D eigenvalue weighted by Gasteiger charge is -2.09. The molecule has 0 aliphatic carbocycles. The molecule has 0 saturated heterocycles. The van der Waals surface area contributed by atoms with E-state index in [1.54, 1.807) is 24.3 Å². The number of carbonyl (C=O) groups is 1. The summed E-state index contributed by atoms with van der Waals surface area (Å²) in [6.45, 7) is 1.95. The van der Waals surface area contributed by atoms with Crippen LogP contribution in [0.5, 0.6) is 0 Å². The Hall–Kier alpha value is -1.82. The largest absolute Gasteiger partial charge is 0.443 e. The molecular weight excluding hydrogens is 190 g/mol. The smallest absolute Gasteiger partial charge is 0.339 e. The molecule has 0 saturated carbocycles. The van der Waals surface area contributed by atoms with Gasteiger partial charge in [-0.2, -0.15) is 5.26 Å². The molecule has 3 nitrogen and oxygen atoms in total. The molecule has 1 atom stereocenters. The van der Waals surface area contributed by atoms with Crippen molar-refractivity contribution in [2.24, 2.45) is 0 Å². The summed E-state index contributed by atoms with van der Waals surface area (Å²) in [6, 6.07) is 10.6. The van der Waals surface area contributed by atoms with Gasteiger partial charge in [0.2, 0.25) is 0 Å². The lowest BCUT2D eigenvalue weighted by Crippen LogP contribution is -2.16. The molecule has 1 rings (SSSR count). The number of nitriles is 1. The Morgan fingerprint density at radius 3 is 2.67 bits per heavy atom. The Morgan fingerprint density at radius 1 is 1.47 bits per heavy atom. The fourth-order valence-corrected chi connectivity index (χ4v) is 1.18. The number of esters is 1. The minimum absolute atomic E-state index is 0.435. The second-order valence-corrected chi connectivity index (χ2v) is 3.18. The van der Waals surface area contributed by atoms with Gasteiger partial charge in [-0.25, -0.2) is 4.79 Å². The van der Waals surface area contributed by atoms with E-state index in [-0.39, 0.29) is 0 Å². The molecule has 1 unspecified atom stereocenters. The van der Waals surface area contributed by atoms with Crippen LogP contribution in [0.4, 0.5) is 0 Å². The van der Waals surface area contributed by atoms with Crippen LogP contribution in [0.25, 0.3) is 0 Å². The zero-order valence-electron chi connectivity index (χ0n) is 8.64. The molecule has 1 aromatic rings. The van der Waals surface area contributed by atoms with Crippen molar-refractivity contribution in [1.29, 1.82) is 5.26 Å². The Kier molecular flexibility index (Phi) is 4.36. The highest BCUT2D eigenvalue weighted by Gasteiger charge is 2.13. The quantitative estimate of drug-likeness (QED) is 0.706. The van der Waals surface area contributed by atoms with Gasteiger partial charge in [0.15, 0.2) is 6.10 Å². The maximum absolute atomic E-state index is 11.5. The van der Waals surface area contributed by atoms with Crippen molar-refractivity contribution < 1.29 is 9.53 Å². The van der Waals surface area contributed by atoms with E-state index in [1.807, 2.05) is 19.1 Å². The normalized spacial score (nSPS) is 11.5. The second kappa shape index (κ2) is 5.82. The topological polar surface area (TPSA) is 50.1 Å². The van der Waals surface area contributed by atoms with Crippen LogP contribution < -0.4 is 0 Å². The molecule has 0 aliphatic heterocycles. The first-order chi connectivity index (χ1) is 7.27. The van der Waals surface area contributed by atoms with Crippen molar-refractivity contribution in [3.63, 3.8) is 0 Å². The zero-order chi connectivity index (χ0) is 11.1. The van der Waals surface area contributed by atoms with Gasteiger partial charge in [-0.15, -0.1) is 0 Å². The first-order valence-corrected chi connectivity index (χ1v) is 4.93. The molecule has 0 aliphatic rings. The third kappa shape index (κ3) is 3.43. The number of rotatable bonds is 4. The fraction of sp³-hybridized carbons (Fsp3) is 0.333. The van der Waals surface area contributed by atoms with Crippen molar-refractivity contribution in [2.75, 3.05) is 0 Å². The fourth-order valence-electron chi connectivity index (χ4n) is 1.18. The zero-order valence-corrected chi connectivity index (χ0v) is 8.64. The Morgan fingerprint density at radius 2 is 2.13 bits per heavy atom.